The highest BCUT2D eigenvalue weighted by Gasteiger charge is 2.11. The van der Waals surface area contributed by atoms with Crippen LogP contribution < -0.4 is 14.8 Å². The Labute approximate surface area is 173 Å². The molecule has 0 saturated carbocycles. The molecule has 0 spiro atoms. The molecule has 2 aromatic carbocycles. The highest BCUT2D eigenvalue weighted by Crippen LogP contribution is 2.31. The minimum Gasteiger partial charge on any atom is -0.493 e. The van der Waals surface area contributed by atoms with Crippen LogP contribution in [0.2, 0.25) is 0 Å². The van der Waals surface area contributed by atoms with Crippen LogP contribution in [-0.4, -0.2) is 38.7 Å². The van der Waals surface area contributed by atoms with E-state index in [0.29, 0.717) is 6.54 Å². The van der Waals surface area contributed by atoms with E-state index < -0.39 is 0 Å². The smallest absolute Gasteiger partial charge is 0.194 e. The molecule has 0 atom stereocenters. The number of para-hydroxylation sites is 1. The average Bonchev–Trinajstić information content (AvgIpc) is 2.65. The Hall–Kier alpha value is -1.96. The van der Waals surface area contributed by atoms with Crippen molar-refractivity contribution in [2.45, 2.75) is 20.0 Å². The van der Waals surface area contributed by atoms with E-state index in [4.69, 9.17) is 14.5 Å². The molecule has 5 nitrogen and oxygen atoms in total. The first kappa shape index (κ1) is 22.1. The summed E-state index contributed by atoms with van der Waals surface area (Å²) in [6.07, 6.45) is 0. The third-order valence-corrected chi connectivity index (χ3v) is 3.84. The van der Waals surface area contributed by atoms with Crippen LogP contribution in [0.25, 0.3) is 0 Å². The Balaban J connectivity index is 0.00000338. The molecule has 0 aliphatic rings. The zero-order valence-corrected chi connectivity index (χ0v) is 18.2. The zero-order chi connectivity index (χ0) is 18.1. The van der Waals surface area contributed by atoms with E-state index in [1.165, 1.54) is 5.56 Å². The number of nitrogens with zero attached hydrogens (tertiary/aromatic N) is 2. The molecule has 0 saturated heterocycles. The number of aliphatic imine (C=N–C) groups is 1. The summed E-state index contributed by atoms with van der Waals surface area (Å²) in [4.78, 5) is 6.88. The topological polar surface area (TPSA) is 46.1 Å². The second kappa shape index (κ2) is 11.6. The Morgan fingerprint density at radius 3 is 2.38 bits per heavy atom. The summed E-state index contributed by atoms with van der Waals surface area (Å²) in [7, 11) is 5.33. The van der Waals surface area contributed by atoms with Gasteiger partial charge in [-0.05, 0) is 18.6 Å². The van der Waals surface area contributed by atoms with Crippen LogP contribution in [-0.2, 0) is 13.1 Å². The lowest BCUT2D eigenvalue weighted by Gasteiger charge is -2.22. The van der Waals surface area contributed by atoms with Crippen molar-refractivity contribution in [2.75, 3.05) is 27.8 Å². The fraction of sp³-hybridized carbons (Fsp3) is 0.350. The van der Waals surface area contributed by atoms with E-state index in [-0.39, 0.29) is 24.0 Å². The Bertz CT molecular complexity index is 693. The van der Waals surface area contributed by atoms with Gasteiger partial charge in [-0.25, -0.2) is 4.99 Å². The van der Waals surface area contributed by atoms with Crippen LogP contribution in [0.5, 0.6) is 11.5 Å². The van der Waals surface area contributed by atoms with Crippen molar-refractivity contribution >= 4 is 29.9 Å². The van der Waals surface area contributed by atoms with E-state index in [1.54, 1.807) is 14.2 Å². The van der Waals surface area contributed by atoms with Crippen LogP contribution in [0.15, 0.2) is 53.5 Å². The lowest BCUT2D eigenvalue weighted by atomic mass is 10.2. The molecule has 0 aromatic heterocycles. The van der Waals surface area contributed by atoms with Crippen molar-refractivity contribution in [3.8, 4) is 11.5 Å². The number of rotatable bonds is 7. The third kappa shape index (κ3) is 6.09. The molecule has 0 amide bonds. The molecule has 0 bridgehead atoms. The molecule has 0 fully saturated rings. The second-order valence-electron chi connectivity index (χ2n) is 5.66. The molecular formula is C20H28IN3O2. The summed E-state index contributed by atoms with van der Waals surface area (Å²) in [5.41, 5.74) is 2.24. The molecule has 0 radical (unpaired) electrons. The Morgan fingerprint density at radius 2 is 1.77 bits per heavy atom. The molecule has 0 unspecified atom stereocenters. The number of methoxy groups -OCH3 is 2. The number of benzene rings is 2. The molecule has 0 aliphatic carbocycles. The highest BCUT2D eigenvalue weighted by molar-refractivity contribution is 14.0. The van der Waals surface area contributed by atoms with Crippen LogP contribution in [0.1, 0.15) is 18.1 Å². The predicted molar refractivity (Wildman–Crippen MR) is 118 cm³/mol. The number of halogens is 1. The van der Waals surface area contributed by atoms with E-state index in [1.807, 2.05) is 43.4 Å². The van der Waals surface area contributed by atoms with Gasteiger partial charge in [0.15, 0.2) is 17.5 Å². The van der Waals surface area contributed by atoms with Gasteiger partial charge < -0.3 is 19.7 Å². The summed E-state index contributed by atoms with van der Waals surface area (Å²) in [5.74, 6) is 2.31. The Kier molecular flexibility index (Phi) is 9.87. The van der Waals surface area contributed by atoms with Crippen molar-refractivity contribution in [2.24, 2.45) is 4.99 Å². The van der Waals surface area contributed by atoms with Crippen LogP contribution in [0, 0.1) is 0 Å². The van der Waals surface area contributed by atoms with E-state index >= 15 is 0 Å². The molecule has 0 aliphatic heterocycles. The maximum Gasteiger partial charge on any atom is 0.194 e. The minimum atomic E-state index is 0. The lowest BCUT2D eigenvalue weighted by molar-refractivity contribution is 0.351. The summed E-state index contributed by atoms with van der Waals surface area (Å²) < 4.78 is 10.8. The van der Waals surface area contributed by atoms with Gasteiger partial charge in [0.05, 0.1) is 20.8 Å². The van der Waals surface area contributed by atoms with Crippen LogP contribution in [0.3, 0.4) is 0 Å². The average molecular weight is 469 g/mol. The summed E-state index contributed by atoms with van der Waals surface area (Å²) in [5, 5.41) is 3.34. The van der Waals surface area contributed by atoms with Crippen LogP contribution in [0.4, 0.5) is 0 Å². The number of hydrogen-bond acceptors (Lipinski definition) is 3. The van der Waals surface area contributed by atoms with Crippen molar-refractivity contribution in [1.82, 2.24) is 10.2 Å². The first-order valence-electron chi connectivity index (χ1n) is 8.42. The van der Waals surface area contributed by atoms with E-state index in [2.05, 4.69) is 29.3 Å². The molecule has 142 valence electrons. The third-order valence-electron chi connectivity index (χ3n) is 3.84. The van der Waals surface area contributed by atoms with E-state index in [0.717, 1.165) is 36.1 Å². The fourth-order valence-electron chi connectivity index (χ4n) is 2.64. The maximum absolute atomic E-state index is 5.49. The predicted octanol–water partition coefficient (Wildman–Crippen LogP) is 3.92. The highest BCUT2D eigenvalue weighted by atomic mass is 127. The minimum absolute atomic E-state index is 0. The summed E-state index contributed by atoms with van der Waals surface area (Å²) in [6.45, 7) is 4.19. The van der Waals surface area contributed by atoms with Gasteiger partial charge in [0.1, 0.15) is 0 Å². The lowest BCUT2D eigenvalue weighted by Crippen LogP contribution is -2.38. The standard InChI is InChI=1S/C20H27N3O2.HI/c1-5-21-20(23(2)15-16-10-7-6-8-11-16)22-14-17-12-9-13-18(24-3)19(17)25-4;/h6-13H,5,14-15H2,1-4H3,(H,21,22);1H. The van der Waals surface area contributed by atoms with Crippen molar-refractivity contribution < 1.29 is 9.47 Å². The SMILES string of the molecule is CCNC(=NCc1cccc(OC)c1OC)N(C)Cc1ccccc1.I. The van der Waals surface area contributed by atoms with Gasteiger partial charge in [-0.1, -0.05) is 42.5 Å². The van der Waals surface area contributed by atoms with Crippen molar-refractivity contribution in [1.29, 1.82) is 0 Å². The van der Waals surface area contributed by atoms with Crippen molar-refractivity contribution in [3.05, 3.63) is 59.7 Å². The van der Waals surface area contributed by atoms with Gasteiger partial charge >= 0.3 is 0 Å². The Morgan fingerprint density at radius 1 is 1.04 bits per heavy atom. The molecule has 2 rings (SSSR count). The number of ether oxygens (including phenoxy) is 2. The van der Waals surface area contributed by atoms with E-state index in [9.17, 15) is 0 Å². The summed E-state index contributed by atoms with van der Waals surface area (Å²) >= 11 is 0. The van der Waals surface area contributed by atoms with Gasteiger partial charge in [0.2, 0.25) is 0 Å². The van der Waals surface area contributed by atoms with Gasteiger partial charge in [0, 0.05) is 25.7 Å². The fourth-order valence-corrected chi connectivity index (χ4v) is 2.64. The van der Waals surface area contributed by atoms with Gasteiger partial charge in [-0.2, -0.15) is 0 Å². The number of guanidine groups is 1. The second-order valence-corrected chi connectivity index (χ2v) is 5.66. The molecule has 6 heteroatoms. The molecule has 2 aromatic rings. The first-order chi connectivity index (χ1) is 12.2. The molecule has 26 heavy (non-hydrogen) atoms. The molecule has 1 N–H and O–H groups in total. The number of hydrogen-bond donors (Lipinski definition) is 1. The number of nitrogens with one attached hydrogen (secondary N) is 1. The van der Waals surface area contributed by atoms with Crippen molar-refractivity contribution in [3.63, 3.8) is 0 Å². The van der Waals surface area contributed by atoms with Crippen LogP contribution >= 0.6 is 24.0 Å². The van der Waals surface area contributed by atoms with Gasteiger partial charge in [-0.15, -0.1) is 24.0 Å². The zero-order valence-electron chi connectivity index (χ0n) is 15.9. The molecule has 0 heterocycles. The van der Waals surface area contributed by atoms with Gasteiger partial charge in [0.25, 0.3) is 0 Å². The largest absolute Gasteiger partial charge is 0.493 e. The maximum atomic E-state index is 5.49. The quantitative estimate of drug-likeness (QED) is 0.380. The summed E-state index contributed by atoms with van der Waals surface area (Å²) in [6, 6.07) is 16.2. The first-order valence-corrected chi connectivity index (χ1v) is 8.42. The monoisotopic (exact) mass is 469 g/mol. The molecular weight excluding hydrogens is 441 g/mol. The van der Waals surface area contributed by atoms with Gasteiger partial charge in [-0.3, -0.25) is 0 Å². The normalized spacial score (nSPS) is 10.7.